The topological polar surface area (TPSA) is 61.6 Å². The number of nitrogens with zero attached hydrogens (tertiary/aromatic N) is 2. The fourth-order valence-corrected chi connectivity index (χ4v) is 3.01. The lowest BCUT2D eigenvalue weighted by molar-refractivity contribution is -0.123. The predicted molar refractivity (Wildman–Crippen MR) is 88.3 cm³/mol. The van der Waals surface area contributed by atoms with Crippen LogP contribution in [0.3, 0.4) is 0 Å². The molecule has 1 heterocycles. The standard InChI is InChI=1S/C16H34N4O/c1-5-14(7-8-17)20-10-6-9-19(11-12-20)13-15(21)18-16(2,3)4/h14H,5-13,17H2,1-4H3,(H,18,21). The molecule has 1 aliphatic heterocycles. The van der Waals surface area contributed by atoms with Crippen LogP contribution in [0.5, 0.6) is 0 Å². The molecule has 1 fully saturated rings. The lowest BCUT2D eigenvalue weighted by atomic mass is 10.1. The smallest absolute Gasteiger partial charge is 0.234 e. The highest BCUT2D eigenvalue weighted by Crippen LogP contribution is 2.12. The lowest BCUT2D eigenvalue weighted by Gasteiger charge is -2.29. The first kappa shape index (κ1) is 18.4. The molecule has 1 amide bonds. The molecule has 5 nitrogen and oxygen atoms in total. The molecule has 1 rings (SSSR count). The Bertz CT molecular complexity index is 314. The molecule has 0 spiro atoms. The average molecular weight is 298 g/mol. The first-order valence-corrected chi connectivity index (χ1v) is 8.33. The Balaban J connectivity index is 2.43. The van der Waals surface area contributed by atoms with Gasteiger partial charge in [0.05, 0.1) is 6.54 Å². The quantitative estimate of drug-likeness (QED) is 0.769. The first-order valence-electron chi connectivity index (χ1n) is 8.33. The monoisotopic (exact) mass is 298 g/mol. The molecule has 0 bridgehead atoms. The summed E-state index contributed by atoms with van der Waals surface area (Å²) in [5.74, 6) is 0.130. The predicted octanol–water partition coefficient (Wildman–Crippen LogP) is 1.04. The van der Waals surface area contributed by atoms with Crippen molar-refractivity contribution in [2.24, 2.45) is 5.73 Å². The van der Waals surface area contributed by atoms with E-state index in [4.69, 9.17) is 5.73 Å². The summed E-state index contributed by atoms with van der Waals surface area (Å²) >= 11 is 0. The zero-order chi connectivity index (χ0) is 15.9. The summed E-state index contributed by atoms with van der Waals surface area (Å²) in [6.45, 7) is 13.7. The van der Waals surface area contributed by atoms with Crippen molar-refractivity contribution in [1.82, 2.24) is 15.1 Å². The van der Waals surface area contributed by atoms with Gasteiger partial charge in [0.25, 0.3) is 0 Å². The number of hydrogen-bond acceptors (Lipinski definition) is 4. The Hall–Kier alpha value is -0.650. The van der Waals surface area contributed by atoms with Gasteiger partial charge in [0.1, 0.15) is 0 Å². The van der Waals surface area contributed by atoms with Crippen molar-refractivity contribution in [1.29, 1.82) is 0 Å². The Morgan fingerprint density at radius 1 is 1.24 bits per heavy atom. The van der Waals surface area contributed by atoms with E-state index >= 15 is 0 Å². The van der Waals surface area contributed by atoms with E-state index in [1.54, 1.807) is 0 Å². The van der Waals surface area contributed by atoms with Crippen molar-refractivity contribution in [3.63, 3.8) is 0 Å². The van der Waals surface area contributed by atoms with Gasteiger partial charge in [0.15, 0.2) is 0 Å². The molecule has 3 N–H and O–H groups in total. The normalized spacial score (nSPS) is 20.0. The SMILES string of the molecule is CCC(CCN)N1CCCN(CC(=O)NC(C)(C)C)CC1. The van der Waals surface area contributed by atoms with E-state index in [2.05, 4.69) is 22.0 Å². The van der Waals surface area contributed by atoms with Gasteiger partial charge in [-0.15, -0.1) is 0 Å². The summed E-state index contributed by atoms with van der Waals surface area (Å²) in [6, 6.07) is 0.596. The lowest BCUT2D eigenvalue weighted by Crippen LogP contribution is -2.46. The van der Waals surface area contributed by atoms with Gasteiger partial charge >= 0.3 is 0 Å². The Morgan fingerprint density at radius 2 is 1.95 bits per heavy atom. The third-order valence-corrected chi connectivity index (χ3v) is 3.99. The molecule has 124 valence electrons. The van der Waals surface area contributed by atoms with Gasteiger partial charge in [0, 0.05) is 24.7 Å². The van der Waals surface area contributed by atoms with Gasteiger partial charge in [-0.05, 0) is 59.7 Å². The second-order valence-corrected chi connectivity index (χ2v) is 7.10. The van der Waals surface area contributed by atoms with Crippen LogP contribution in [0.1, 0.15) is 47.0 Å². The minimum absolute atomic E-state index is 0.130. The highest BCUT2D eigenvalue weighted by atomic mass is 16.2. The second-order valence-electron chi connectivity index (χ2n) is 7.10. The third kappa shape index (κ3) is 7.25. The molecular formula is C16H34N4O. The van der Waals surface area contributed by atoms with Crippen molar-refractivity contribution >= 4 is 5.91 Å². The zero-order valence-corrected chi connectivity index (χ0v) is 14.3. The second kappa shape index (κ2) is 8.71. The van der Waals surface area contributed by atoms with Crippen molar-refractivity contribution in [2.75, 3.05) is 39.3 Å². The molecule has 1 atom stereocenters. The van der Waals surface area contributed by atoms with Crippen LogP contribution in [0.2, 0.25) is 0 Å². The molecule has 0 aromatic rings. The maximum absolute atomic E-state index is 12.0. The van der Waals surface area contributed by atoms with Crippen LogP contribution in [-0.4, -0.2) is 66.6 Å². The van der Waals surface area contributed by atoms with Crippen LogP contribution in [0.15, 0.2) is 0 Å². The van der Waals surface area contributed by atoms with Crippen molar-refractivity contribution in [3.8, 4) is 0 Å². The number of nitrogens with one attached hydrogen (secondary N) is 1. The Kier molecular flexibility index (Phi) is 7.63. The summed E-state index contributed by atoms with van der Waals surface area (Å²) in [4.78, 5) is 16.9. The fraction of sp³-hybridized carbons (Fsp3) is 0.938. The fourth-order valence-electron chi connectivity index (χ4n) is 3.01. The summed E-state index contributed by atoms with van der Waals surface area (Å²) in [5, 5.41) is 3.04. The van der Waals surface area contributed by atoms with Gasteiger partial charge in [0.2, 0.25) is 5.91 Å². The number of carbonyl (C=O) groups is 1. The maximum Gasteiger partial charge on any atom is 0.234 e. The van der Waals surface area contributed by atoms with Crippen LogP contribution in [0, 0.1) is 0 Å². The molecule has 5 heteroatoms. The van der Waals surface area contributed by atoms with Crippen LogP contribution in [-0.2, 0) is 4.79 Å². The van der Waals surface area contributed by atoms with Crippen LogP contribution < -0.4 is 11.1 Å². The third-order valence-electron chi connectivity index (χ3n) is 3.99. The van der Waals surface area contributed by atoms with E-state index in [1.165, 1.54) is 0 Å². The number of rotatable bonds is 6. The first-order chi connectivity index (χ1) is 9.85. The minimum Gasteiger partial charge on any atom is -0.350 e. The molecule has 0 aromatic heterocycles. The Morgan fingerprint density at radius 3 is 2.52 bits per heavy atom. The number of carbonyl (C=O) groups excluding carboxylic acids is 1. The largest absolute Gasteiger partial charge is 0.350 e. The highest BCUT2D eigenvalue weighted by molar-refractivity contribution is 5.78. The van der Waals surface area contributed by atoms with E-state index in [0.29, 0.717) is 12.6 Å². The van der Waals surface area contributed by atoms with Crippen molar-refractivity contribution in [2.45, 2.75) is 58.5 Å². The molecule has 0 aromatic carbocycles. The molecule has 1 saturated heterocycles. The van der Waals surface area contributed by atoms with Gasteiger partial charge < -0.3 is 11.1 Å². The van der Waals surface area contributed by atoms with Gasteiger partial charge in [-0.3, -0.25) is 14.6 Å². The van der Waals surface area contributed by atoms with Gasteiger partial charge in [-0.1, -0.05) is 6.92 Å². The highest BCUT2D eigenvalue weighted by Gasteiger charge is 2.22. The summed E-state index contributed by atoms with van der Waals surface area (Å²) in [5.41, 5.74) is 5.56. The van der Waals surface area contributed by atoms with Crippen molar-refractivity contribution < 1.29 is 4.79 Å². The minimum atomic E-state index is -0.149. The molecule has 0 radical (unpaired) electrons. The average Bonchev–Trinajstić information content (AvgIpc) is 2.59. The van der Waals surface area contributed by atoms with Crippen LogP contribution in [0.25, 0.3) is 0 Å². The number of amides is 1. The Labute approximate surface area is 130 Å². The molecular weight excluding hydrogens is 264 g/mol. The van der Waals surface area contributed by atoms with E-state index in [9.17, 15) is 4.79 Å². The van der Waals surface area contributed by atoms with Crippen LogP contribution >= 0.6 is 0 Å². The molecule has 1 aliphatic rings. The molecule has 0 saturated carbocycles. The number of nitrogens with two attached hydrogens (primary N) is 1. The zero-order valence-electron chi connectivity index (χ0n) is 14.3. The summed E-state index contributed by atoms with van der Waals surface area (Å²) in [7, 11) is 0. The molecule has 0 aliphatic carbocycles. The van der Waals surface area contributed by atoms with E-state index in [1.807, 2.05) is 20.8 Å². The van der Waals surface area contributed by atoms with Gasteiger partial charge in [-0.25, -0.2) is 0 Å². The van der Waals surface area contributed by atoms with E-state index in [0.717, 1.165) is 52.0 Å². The van der Waals surface area contributed by atoms with Gasteiger partial charge in [-0.2, -0.15) is 0 Å². The summed E-state index contributed by atoms with van der Waals surface area (Å²) in [6.07, 6.45) is 3.35. The van der Waals surface area contributed by atoms with E-state index < -0.39 is 0 Å². The van der Waals surface area contributed by atoms with E-state index in [-0.39, 0.29) is 11.4 Å². The molecule has 21 heavy (non-hydrogen) atoms. The molecule has 1 unspecified atom stereocenters. The van der Waals surface area contributed by atoms with Crippen molar-refractivity contribution in [3.05, 3.63) is 0 Å². The van der Waals surface area contributed by atoms with Crippen LogP contribution in [0.4, 0.5) is 0 Å². The summed E-state index contributed by atoms with van der Waals surface area (Å²) < 4.78 is 0. The number of hydrogen-bond donors (Lipinski definition) is 2. The maximum atomic E-state index is 12.0.